The normalized spacial score (nSPS) is 22.5. The van der Waals surface area contributed by atoms with Crippen molar-refractivity contribution in [1.29, 1.82) is 5.26 Å². The lowest BCUT2D eigenvalue weighted by atomic mass is 9.83. The van der Waals surface area contributed by atoms with Crippen LogP contribution in [0.2, 0.25) is 0 Å². The maximum Gasteiger partial charge on any atom is 0.215 e. The number of hydrogen-bond acceptors (Lipinski definition) is 4. The van der Waals surface area contributed by atoms with Gasteiger partial charge < -0.3 is 5.11 Å². The Hall–Kier alpha value is -1.42. The van der Waals surface area contributed by atoms with Crippen LogP contribution in [0.5, 0.6) is 0 Å². The van der Waals surface area contributed by atoms with Gasteiger partial charge in [0.05, 0.1) is 23.5 Å². The van der Waals surface area contributed by atoms with Gasteiger partial charge in [-0.1, -0.05) is 18.2 Å². The summed E-state index contributed by atoms with van der Waals surface area (Å²) in [5.74, 6) is 0.0300. The highest BCUT2D eigenvalue weighted by Gasteiger charge is 2.28. The number of rotatable bonds is 5. The molecule has 102 valence electrons. The summed E-state index contributed by atoms with van der Waals surface area (Å²) in [4.78, 5) is 0. The quantitative estimate of drug-likeness (QED) is 0.832. The molecule has 5 nitrogen and oxygen atoms in total. The van der Waals surface area contributed by atoms with Crippen LogP contribution in [-0.4, -0.2) is 26.2 Å². The largest absolute Gasteiger partial charge is 0.393 e. The molecule has 1 aliphatic carbocycles. The molecule has 1 fully saturated rings. The molecule has 1 aliphatic rings. The molecule has 0 unspecified atom stereocenters. The maximum absolute atomic E-state index is 11.9. The Morgan fingerprint density at radius 1 is 1.37 bits per heavy atom. The minimum Gasteiger partial charge on any atom is -0.393 e. The van der Waals surface area contributed by atoms with Crippen LogP contribution in [-0.2, 0) is 15.8 Å². The second kappa shape index (κ2) is 5.70. The molecule has 0 spiro atoms. The van der Waals surface area contributed by atoms with E-state index in [1.165, 1.54) is 0 Å². The Morgan fingerprint density at radius 3 is 2.68 bits per heavy atom. The first-order valence-electron chi connectivity index (χ1n) is 6.13. The van der Waals surface area contributed by atoms with Crippen LogP contribution in [0, 0.1) is 17.2 Å². The molecule has 0 radical (unpaired) electrons. The van der Waals surface area contributed by atoms with E-state index in [1.54, 1.807) is 24.3 Å². The fourth-order valence-corrected chi connectivity index (χ4v) is 3.38. The van der Waals surface area contributed by atoms with Gasteiger partial charge in [0.2, 0.25) is 10.0 Å². The van der Waals surface area contributed by atoms with Gasteiger partial charge in [0.25, 0.3) is 0 Å². The standard InChI is InChI=1S/C13H16N2O3S/c14-7-11-3-1-2-4-12(11)9-19(17,18)15-8-10-5-13(16)6-10/h1-4,10,13,15-16H,5-6,8-9H2. The molecule has 0 amide bonds. The minimum absolute atomic E-state index is 0.188. The van der Waals surface area contributed by atoms with E-state index in [4.69, 9.17) is 10.4 Å². The van der Waals surface area contributed by atoms with Gasteiger partial charge in [-0.2, -0.15) is 5.26 Å². The zero-order valence-electron chi connectivity index (χ0n) is 10.4. The van der Waals surface area contributed by atoms with E-state index in [9.17, 15) is 8.42 Å². The van der Waals surface area contributed by atoms with Crippen molar-refractivity contribution in [2.75, 3.05) is 6.54 Å². The highest BCUT2D eigenvalue weighted by Crippen LogP contribution is 2.26. The summed E-state index contributed by atoms with van der Waals surface area (Å²) >= 11 is 0. The van der Waals surface area contributed by atoms with Crippen LogP contribution in [0.1, 0.15) is 24.0 Å². The van der Waals surface area contributed by atoms with Gasteiger partial charge in [-0.25, -0.2) is 13.1 Å². The predicted octanol–water partition coefficient (Wildman–Crippen LogP) is 0.749. The van der Waals surface area contributed by atoms with Crippen molar-refractivity contribution in [1.82, 2.24) is 4.72 Å². The van der Waals surface area contributed by atoms with E-state index in [0.29, 0.717) is 30.5 Å². The van der Waals surface area contributed by atoms with E-state index >= 15 is 0 Å². The minimum atomic E-state index is -3.44. The Balaban J connectivity index is 1.95. The summed E-state index contributed by atoms with van der Waals surface area (Å²) in [6.07, 6.45) is 1.02. The van der Waals surface area contributed by atoms with Crippen molar-refractivity contribution >= 4 is 10.0 Å². The zero-order valence-corrected chi connectivity index (χ0v) is 11.2. The molecule has 1 aromatic carbocycles. The predicted molar refractivity (Wildman–Crippen MR) is 70.5 cm³/mol. The maximum atomic E-state index is 11.9. The van der Waals surface area contributed by atoms with Gasteiger partial charge in [-0.05, 0) is 30.4 Å². The summed E-state index contributed by atoms with van der Waals surface area (Å²) < 4.78 is 26.4. The van der Waals surface area contributed by atoms with E-state index in [1.807, 2.05) is 6.07 Å². The number of aliphatic hydroxyl groups excluding tert-OH is 1. The molecule has 0 aliphatic heterocycles. The topological polar surface area (TPSA) is 90.2 Å². The van der Waals surface area contributed by atoms with Gasteiger partial charge in [0.15, 0.2) is 0 Å². The lowest BCUT2D eigenvalue weighted by Gasteiger charge is -2.31. The molecule has 2 N–H and O–H groups in total. The van der Waals surface area contributed by atoms with E-state index in [-0.39, 0.29) is 17.8 Å². The summed E-state index contributed by atoms with van der Waals surface area (Å²) in [5, 5.41) is 18.1. The third-order valence-electron chi connectivity index (χ3n) is 3.29. The van der Waals surface area contributed by atoms with Crippen LogP contribution >= 0.6 is 0 Å². The number of hydrogen-bond donors (Lipinski definition) is 2. The smallest absolute Gasteiger partial charge is 0.215 e. The summed E-state index contributed by atoms with van der Waals surface area (Å²) in [7, 11) is -3.44. The molecule has 0 heterocycles. The van der Waals surface area contributed by atoms with Gasteiger partial charge in [-0.3, -0.25) is 0 Å². The number of benzene rings is 1. The highest BCUT2D eigenvalue weighted by atomic mass is 32.2. The Labute approximate surface area is 112 Å². The highest BCUT2D eigenvalue weighted by molar-refractivity contribution is 7.88. The van der Waals surface area contributed by atoms with Crippen LogP contribution in [0.3, 0.4) is 0 Å². The summed E-state index contributed by atoms with van der Waals surface area (Å²) in [6.45, 7) is 0.355. The first-order chi connectivity index (χ1) is 9.00. The SMILES string of the molecule is N#Cc1ccccc1CS(=O)(=O)NCC1CC(O)C1. The Morgan fingerprint density at radius 2 is 2.05 bits per heavy atom. The van der Waals surface area contributed by atoms with Crippen LogP contribution in [0.4, 0.5) is 0 Å². The molecule has 19 heavy (non-hydrogen) atoms. The number of aliphatic hydroxyl groups is 1. The lowest BCUT2D eigenvalue weighted by Crippen LogP contribution is -2.38. The van der Waals surface area contributed by atoms with Crippen molar-refractivity contribution in [2.24, 2.45) is 5.92 Å². The number of nitriles is 1. The van der Waals surface area contributed by atoms with Gasteiger partial charge in [-0.15, -0.1) is 0 Å². The summed E-state index contributed by atoms with van der Waals surface area (Å²) in [6, 6.07) is 8.66. The van der Waals surface area contributed by atoms with Crippen LogP contribution in [0.25, 0.3) is 0 Å². The molecule has 1 aromatic rings. The van der Waals surface area contributed by atoms with Crippen molar-refractivity contribution < 1.29 is 13.5 Å². The van der Waals surface area contributed by atoms with Crippen molar-refractivity contribution in [3.63, 3.8) is 0 Å². The van der Waals surface area contributed by atoms with Crippen molar-refractivity contribution in [3.8, 4) is 6.07 Å². The molecule has 0 aromatic heterocycles. The molecule has 1 saturated carbocycles. The van der Waals surface area contributed by atoms with E-state index in [2.05, 4.69) is 4.72 Å². The number of sulfonamides is 1. The molecule has 0 atom stereocenters. The van der Waals surface area contributed by atoms with Crippen LogP contribution in [0.15, 0.2) is 24.3 Å². The fourth-order valence-electron chi connectivity index (χ4n) is 2.12. The van der Waals surface area contributed by atoms with Gasteiger partial charge in [0, 0.05) is 6.54 Å². The average molecular weight is 280 g/mol. The van der Waals surface area contributed by atoms with E-state index < -0.39 is 10.0 Å². The first-order valence-corrected chi connectivity index (χ1v) is 7.79. The Kier molecular flexibility index (Phi) is 4.20. The molecule has 6 heteroatoms. The van der Waals surface area contributed by atoms with Crippen LogP contribution < -0.4 is 4.72 Å². The van der Waals surface area contributed by atoms with Crippen molar-refractivity contribution in [3.05, 3.63) is 35.4 Å². The van der Waals surface area contributed by atoms with Gasteiger partial charge >= 0.3 is 0 Å². The third-order valence-corrected chi connectivity index (χ3v) is 4.58. The molecule has 0 bridgehead atoms. The molecule has 0 saturated heterocycles. The second-order valence-electron chi connectivity index (χ2n) is 4.87. The first kappa shape index (κ1) is 14.0. The molecular weight excluding hydrogens is 264 g/mol. The molecular formula is C13H16N2O3S. The number of nitrogens with one attached hydrogen (secondary N) is 1. The van der Waals surface area contributed by atoms with Gasteiger partial charge in [0.1, 0.15) is 0 Å². The second-order valence-corrected chi connectivity index (χ2v) is 6.67. The monoisotopic (exact) mass is 280 g/mol. The van der Waals surface area contributed by atoms with Crippen molar-refractivity contribution in [2.45, 2.75) is 24.7 Å². The zero-order chi connectivity index (χ0) is 13.9. The average Bonchev–Trinajstić information content (AvgIpc) is 2.33. The number of nitrogens with zero attached hydrogens (tertiary/aromatic N) is 1. The third kappa shape index (κ3) is 3.77. The lowest BCUT2D eigenvalue weighted by molar-refractivity contribution is 0.0453. The molecule has 2 rings (SSSR count). The van der Waals surface area contributed by atoms with E-state index in [0.717, 1.165) is 0 Å². The Bertz CT molecular complexity index is 586. The summed E-state index contributed by atoms with van der Waals surface area (Å²) in [5.41, 5.74) is 0.887. The fraction of sp³-hybridized carbons (Fsp3) is 0.462.